The van der Waals surface area contributed by atoms with Crippen LogP contribution in [0.3, 0.4) is 0 Å². The van der Waals surface area contributed by atoms with Crippen molar-refractivity contribution in [1.29, 1.82) is 0 Å². The maximum absolute atomic E-state index is 13.0. The lowest BCUT2D eigenvalue weighted by molar-refractivity contribution is -0.133. The van der Waals surface area contributed by atoms with Gasteiger partial charge < -0.3 is 15.5 Å². The van der Waals surface area contributed by atoms with E-state index in [1.807, 2.05) is 53.4 Å². The first-order valence-corrected chi connectivity index (χ1v) is 10.6. The number of nitrogens with one attached hydrogen (secondary N) is 2. The molecule has 1 saturated heterocycles. The standard InChI is InChI=1S/C24H31N3O2/c1-2-25-18-19-13-15-27(16-14-19)23(28)17-22(20-9-5-3-6-10-20)26-24(29)21-11-7-4-8-12-21/h3-12,19,22,25H,2,13-18H2,1H3,(H,26,29). The van der Waals surface area contributed by atoms with Crippen LogP contribution in [0.2, 0.25) is 0 Å². The highest BCUT2D eigenvalue weighted by Gasteiger charge is 2.26. The highest BCUT2D eigenvalue weighted by Crippen LogP contribution is 2.22. The third-order valence-electron chi connectivity index (χ3n) is 5.57. The molecule has 3 rings (SSSR count). The molecule has 0 aromatic heterocycles. The Bertz CT molecular complexity index is 771. The van der Waals surface area contributed by atoms with E-state index in [0.717, 1.165) is 44.6 Å². The average molecular weight is 394 g/mol. The Morgan fingerprint density at radius 1 is 1.00 bits per heavy atom. The number of amides is 2. The Morgan fingerprint density at radius 2 is 1.62 bits per heavy atom. The van der Waals surface area contributed by atoms with Crippen LogP contribution in [0.5, 0.6) is 0 Å². The summed E-state index contributed by atoms with van der Waals surface area (Å²) in [7, 11) is 0. The van der Waals surface area contributed by atoms with E-state index in [2.05, 4.69) is 17.6 Å². The Kier molecular flexibility index (Phi) is 7.82. The lowest BCUT2D eigenvalue weighted by Crippen LogP contribution is -2.42. The number of carbonyl (C=O) groups is 2. The number of carbonyl (C=O) groups excluding carboxylic acids is 2. The molecule has 2 aromatic rings. The summed E-state index contributed by atoms with van der Waals surface area (Å²) in [6.07, 6.45) is 2.34. The minimum Gasteiger partial charge on any atom is -0.345 e. The van der Waals surface area contributed by atoms with Crippen LogP contribution in [0.1, 0.15) is 48.1 Å². The zero-order valence-corrected chi connectivity index (χ0v) is 17.1. The van der Waals surface area contributed by atoms with Crippen LogP contribution in [0, 0.1) is 5.92 Å². The monoisotopic (exact) mass is 393 g/mol. The van der Waals surface area contributed by atoms with Crippen molar-refractivity contribution < 1.29 is 9.59 Å². The van der Waals surface area contributed by atoms with E-state index >= 15 is 0 Å². The van der Waals surface area contributed by atoms with E-state index in [9.17, 15) is 9.59 Å². The minimum atomic E-state index is -0.337. The molecule has 0 radical (unpaired) electrons. The predicted octanol–water partition coefficient (Wildman–Crippen LogP) is 3.40. The molecule has 1 fully saturated rings. The molecule has 1 unspecified atom stereocenters. The molecule has 1 heterocycles. The quantitative estimate of drug-likeness (QED) is 0.723. The topological polar surface area (TPSA) is 61.4 Å². The van der Waals surface area contributed by atoms with Crippen molar-refractivity contribution in [3.63, 3.8) is 0 Å². The van der Waals surface area contributed by atoms with Crippen molar-refractivity contribution in [2.75, 3.05) is 26.2 Å². The summed E-state index contributed by atoms with van der Waals surface area (Å²) in [6.45, 7) is 5.72. The first-order chi connectivity index (χ1) is 14.2. The summed E-state index contributed by atoms with van der Waals surface area (Å²) < 4.78 is 0. The normalized spacial score (nSPS) is 15.7. The molecular formula is C24H31N3O2. The SMILES string of the molecule is CCNCC1CCN(C(=O)CC(NC(=O)c2ccccc2)c2ccccc2)CC1. The van der Waals surface area contributed by atoms with E-state index in [-0.39, 0.29) is 24.3 Å². The van der Waals surface area contributed by atoms with Crippen molar-refractivity contribution in [3.05, 3.63) is 71.8 Å². The van der Waals surface area contributed by atoms with Gasteiger partial charge in [0.15, 0.2) is 0 Å². The second kappa shape index (κ2) is 10.8. The molecule has 154 valence electrons. The summed E-state index contributed by atoms with van der Waals surface area (Å²) in [5.74, 6) is 0.590. The van der Waals surface area contributed by atoms with Crippen LogP contribution in [0.25, 0.3) is 0 Å². The summed E-state index contributed by atoms with van der Waals surface area (Å²) in [4.78, 5) is 27.6. The zero-order valence-electron chi connectivity index (χ0n) is 17.1. The maximum atomic E-state index is 13.0. The first kappa shape index (κ1) is 21.1. The fraction of sp³-hybridized carbons (Fsp3) is 0.417. The van der Waals surface area contributed by atoms with E-state index in [1.165, 1.54) is 0 Å². The lowest BCUT2D eigenvalue weighted by Gasteiger charge is -2.33. The van der Waals surface area contributed by atoms with Gasteiger partial charge in [0.05, 0.1) is 12.5 Å². The molecule has 5 heteroatoms. The van der Waals surface area contributed by atoms with Crippen molar-refractivity contribution in [1.82, 2.24) is 15.5 Å². The number of piperidine rings is 1. The maximum Gasteiger partial charge on any atom is 0.251 e. The number of nitrogens with zero attached hydrogens (tertiary/aromatic N) is 1. The molecule has 0 saturated carbocycles. The van der Waals surface area contributed by atoms with Gasteiger partial charge in [-0.1, -0.05) is 55.5 Å². The number of hydrogen-bond donors (Lipinski definition) is 2. The van der Waals surface area contributed by atoms with Crippen molar-refractivity contribution in [2.24, 2.45) is 5.92 Å². The molecule has 1 atom stereocenters. The summed E-state index contributed by atoms with van der Waals surface area (Å²) in [5, 5.41) is 6.46. The highest BCUT2D eigenvalue weighted by atomic mass is 16.2. The van der Waals surface area contributed by atoms with E-state index in [1.54, 1.807) is 12.1 Å². The molecule has 0 bridgehead atoms. The molecule has 5 nitrogen and oxygen atoms in total. The smallest absolute Gasteiger partial charge is 0.251 e. The molecular weight excluding hydrogens is 362 g/mol. The van der Waals surface area contributed by atoms with Gasteiger partial charge in [0.2, 0.25) is 5.91 Å². The van der Waals surface area contributed by atoms with Crippen LogP contribution >= 0.6 is 0 Å². The first-order valence-electron chi connectivity index (χ1n) is 10.6. The van der Waals surface area contributed by atoms with Gasteiger partial charge in [0.1, 0.15) is 0 Å². The summed E-state index contributed by atoms with van der Waals surface area (Å²) in [5.41, 5.74) is 1.55. The van der Waals surface area contributed by atoms with Crippen LogP contribution < -0.4 is 10.6 Å². The number of likely N-dealkylation sites (tertiary alicyclic amines) is 1. The fourth-order valence-electron chi connectivity index (χ4n) is 3.81. The number of rotatable bonds is 8. The predicted molar refractivity (Wildman–Crippen MR) is 116 cm³/mol. The molecule has 2 amide bonds. The van der Waals surface area contributed by atoms with Gasteiger partial charge in [-0.05, 0) is 49.5 Å². The van der Waals surface area contributed by atoms with Gasteiger partial charge in [0.25, 0.3) is 5.91 Å². The summed E-state index contributed by atoms with van der Waals surface area (Å²) >= 11 is 0. The van der Waals surface area contributed by atoms with Crippen molar-refractivity contribution in [2.45, 2.75) is 32.2 Å². The largest absolute Gasteiger partial charge is 0.345 e. The van der Waals surface area contributed by atoms with Crippen LogP contribution in [-0.4, -0.2) is 42.9 Å². The number of benzene rings is 2. The summed E-state index contributed by atoms with van der Waals surface area (Å²) in [6, 6.07) is 18.5. The molecule has 2 aromatic carbocycles. The Hall–Kier alpha value is -2.66. The fourth-order valence-corrected chi connectivity index (χ4v) is 3.81. The Labute approximate surface area is 173 Å². The molecule has 0 aliphatic carbocycles. The van der Waals surface area contributed by atoms with E-state index in [4.69, 9.17) is 0 Å². The second-order valence-electron chi connectivity index (χ2n) is 7.64. The van der Waals surface area contributed by atoms with Crippen LogP contribution in [0.15, 0.2) is 60.7 Å². The molecule has 1 aliphatic rings. The van der Waals surface area contributed by atoms with E-state index in [0.29, 0.717) is 11.5 Å². The third kappa shape index (κ3) is 6.16. The zero-order chi connectivity index (χ0) is 20.5. The van der Waals surface area contributed by atoms with Gasteiger partial charge >= 0.3 is 0 Å². The lowest BCUT2D eigenvalue weighted by atomic mass is 9.95. The van der Waals surface area contributed by atoms with Crippen molar-refractivity contribution in [3.8, 4) is 0 Å². The Balaban J connectivity index is 1.63. The van der Waals surface area contributed by atoms with Crippen LogP contribution in [-0.2, 0) is 4.79 Å². The third-order valence-corrected chi connectivity index (χ3v) is 5.57. The Morgan fingerprint density at radius 3 is 2.24 bits per heavy atom. The van der Waals surface area contributed by atoms with Gasteiger partial charge in [0, 0.05) is 18.7 Å². The van der Waals surface area contributed by atoms with Gasteiger partial charge in [-0.3, -0.25) is 9.59 Å². The number of hydrogen-bond acceptors (Lipinski definition) is 3. The van der Waals surface area contributed by atoms with Gasteiger partial charge in [-0.15, -0.1) is 0 Å². The van der Waals surface area contributed by atoms with Gasteiger partial charge in [-0.25, -0.2) is 0 Å². The minimum absolute atomic E-state index is 0.106. The van der Waals surface area contributed by atoms with Crippen molar-refractivity contribution >= 4 is 11.8 Å². The van der Waals surface area contributed by atoms with Gasteiger partial charge in [-0.2, -0.15) is 0 Å². The average Bonchev–Trinajstić information content (AvgIpc) is 2.78. The van der Waals surface area contributed by atoms with Crippen LogP contribution in [0.4, 0.5) is 0 Å². The van der Waals surface area contributed by atoms with E-state index < -0.39 is 0 Å². The molecule has 1 aliphatic heterocycles. The highest BCUT2D eigenvalue weighted by molar-refractivity contribution is 5.94. The second-order valence-corrected chi connectivity index (χ2v) is 7.64. The molecule has 2 N–H and O–H groups in total. The molecule has 0 spiro atoms. The molecule has 29 heavy (non-hydrogen) atoms.